The lowest BCUT2D eigenvalue weighted by Crippen LogP contribution is -2.35. The first kappa shape index (κ1) is 15.3. The van der Waals surface area contributed by atoms with Crippen molar-refractivity contribution in [3.8, 4) is 5.75 Å². The summed E-state index contributed by atoms with van der Waals surface area (Å²) in [5.74, 6) is -0.660. The van der Waals surface area contributed by atoms with Crippen LogP contribution in [0.1, 0.15) is 24.2 Å². The molecule has 1 aromatic carbocycles. The Balaban J connectivity index is 2.83. The highest BCUT2D eigenvalue weighted by atomic mass is 35.5. The van der Waals surface area contributed by atoms with E-state index in [1.165, 1.54) is 20.1 Å². The molecule has 0 fully saturated rings. The number of methoxy groups -OCH3 is 1. The average Bonchev–Trinajstić information content (AvgIpc) is 2.38. The second kappa shape index (κ2) is 6.99. The molecule has 0 unspecified atom stereocenters. The van der Waals surface area contributed by atoms with E-state index in [1.807, 2.05) is 0 Å². The van der Waals surface area contributed by atoms with Crippen LogP contribution in [0, 0.1) is 0 Å². The Bertz CT molecular complexity index is 476. The van der Waals surface area contributed by atoms with Gasteiger partial charge in [0.1, 0.15) is 11.3 Å². The van der Waals surface area contributed by atoms with Crippen LogP contribution in [0.15, 0.2) is 18.2 Å². The fraction of sp³-hybridized carbons (Fsp3) is 0.385. The van der Waals surface area contributed by atoms with Crippen LogP contribution in [-0.4, -0.2) is 31.6 Å². The van der Waals surface area contributed by atoms with Gasteiger partial charge in [-0.25, -0.2) is 4.79 Å². The molecule has 0 aliphatic carbocycles. The van der Waals surface area contributed by atoms with Gasteiger partial charge in [0, 0.05) is 11.6 Å². The monoisotopic (exact) mass is 285 g/mol. The van der Waals surface area contributed by atoms with E-state index in [4.69, 9.17) is 21.1 Å². The Morgan fingerprint density at radius 3 is 2.68 bits per heavy atom. The molecule has 0 heterocycles. The topological polar surface area (TPSA) is 64.6 Å². The molecule has 0 saturated carbocycles. The molecule has 19 heavy (non-hydrogen) atoms. The molecular weight excluding hydrogens is 270 g/mol. The van der Waals surface area contributed by atoms with Gasteiger partial charge in [0.25, 0.3) is 5.91 Å². The predicted molar refractivity (Wildman–Crippen MR) is 71.6 cm³/mol. The van der Waals surface area contributed by atoms with Gasteiger partial charge in [-0.2, -0.15) is 0 Å². The zero-order valence-corrected chi connectivity index (χ0v) is 11.8. The maximum atomic E-state index is 12.0. The van der Waals surface area contributed by atoms with Gasteiger partial charge in [-0.15, -0.1) is 0 Å². The van der Waals surface area contributed by atoms with Gasteiger partial charge in [0.05, 0.1) is 7.11 Å². The van der Waals surface area contributed by atoms with Crippen molar-refractivity contribution in [2.45, 2.75) is 20.0 Å². The van der Waals surface area contributed by atoms with Crippen LogP contribution in [0.4, 0.5) is 0 Å². The Morgan fingerprint density at radius 2 is 2.11 bits per heavy atom. The van der Waals surface area contributed by atoms with Crippen LogP contribution < -0.4 is 10.1 Å². The van der Waals surface area contributed by atoms with E-state index in [9.17, 15) is 9.59 Å². The van der Waals surface area contributed by atoms with Gasteiger partial charge < -0.3 is 14.8 Å². The third-order valence-electron chi connectivity index (χ3n) is 2.39. The standard InChI is InChI=1S/C13H16ClNO4/c1-4-15-12(16)8(2)19-13(17)10-7-9(14)5-6-11(10)18-3/h5-8H,4H2,1-3H3,(H,15,16)/t8-/m1/s1. The molecule has 0 spiro atoms. The molecule has 0 bridgehead atoms. The molecule has 5 nitrogen and oxygen atoms in total. The number of likely N-dealkylation sites (N-methyl/N-ethyl adjacent to an activating group) is 1. The lowest BCUT2D eigenvalue weighted by atomic mass is 10.2. The van der Waals surface area contributed by atoms with Gasteiger partial charge in [0.15, 0.2) is 6.10 Å². The Labute approximate surface area is 116 Å². The summed E-state index contributed by atoms with van der Waals surface area (Å²) in [6.07, 6.45) is -0.879. The molecule has 1 amide bonds. The van der Waals surface area contributed by atoms with E-state index in [2.05, 4.69) is 5.32 Å². The molecule has 0 radical (unpaired) electrons. The van der Waals surface area contributed by atoms with E-state index in [1.54, 1.807) is 19.1 Å². The highest BCUT2D eigenvalue weighted by Gasteiger charge is 2.21. The van der Waals surface area contributed by atoms with E-state index >= 15 is 0 Å². The second-order valence-corrected chi connectivity index (χ2v) is 4.22. The van der Waals surface area contributed by atoms with Crippen LogP contribution >= 0.6 is 11.6 Å². The van der Waals surface area contributed by atoms with Crippen LogP contribution in [0.5, 0.6) is 5.75 Å². The maximum Gasteiger partial charge on any atom is 0.342 e. The molecule has 1 aromatic rings. The quantitative estimate of drug-likeness (QED) is 0.841. The second-order valence-electron chi connectivity index (χ2n) is 3.79. The van der Waals surface area contributed by atoms with Gasteiger partial charge in [-0.05, 0) is 32.0 Å². The molecule has 0 saturated heterocycles. The zero-order valence-electron chi connectivity index (χ0n) is 11.0. The number of esters is 1. The van der Waals surface area contributed by atoms with Crippen LogP contribution in [-0.2, 0) is 9.53 Å². The molecule has 1 atom stereocenters. The van der Waals surface area contributed by atoms with Crippen molar-refractivity contribution >= 4 is 23.5 Å². The molecular formula is C13H16ClNO4. The van der Waals surface area contributed by atoms with Crippen molar-refractivity contribution in [1.29, 1.82) is 0 Å². The average molecular weight is 286 g/mol. The van der Waals surface area contributed by atoms with Crippen molar-refractivity contribution in [3.63, 3.8) is 0 Å². The van der Waals surface area contributed by atoms with Gasteiger partial charge in [-0.3, -0.25) is 4.79 Å². The predicted octanol–water partition coefficient (Wildman–Crippen LogP) is 2.03. The van der Waals surface area contributed by atoms with Gasteiger partial charge in [-0.1, -0.05) is 11.6 Å². The first-order valence-electron chi connectivity index (χ1n) is 5.81. The summed E-state index contributed by atoms with van der Waals surface area (Å²) in [7, 11) is 1.44. The van der Waals surface area contributed by atoms with Crippen molar-refractivity contribution < 1.29 is 19.1 Å². The number of amides is 1. The minimum Gasteiger partial charge on any atom is -0.496 e. The number of carbonyl (C=O) groups excluding carboxylic acids is 2. The number of hydrogen-bond acceptors (Lipinski definition) is 4. The first-order valence-corrected chi connectivity index (χ1v) is 6.19. The van der Waals surface area contributed by atoms with E-state index in [0.29, 0.717) is 17.3 Å². The fourth-order valence-corrected chi connectivity index (χ4v) is 1.61. The number of ether oxygens (including phenoxy) is 2. The molecule has 0 aliphatic rings. The molecule has 1 N–H and O–H groups in total. The summed E-state index contributed by atoms with van der Waals surface area (Å²) in [5, 5.41) is 2.96. The summed E-state index contributed by atoms with van der Waals surface area (Å²) < 4.78 is 10.1. The molecule has 0 aliphatic heterocycles. The van der Waals surface area contributed by atoms with Gasteiger partial charge >= 0.3 is 5.97 Å². The van der Waals surface area contributed by atoms with Gasteiger partial charge in [0.2, 0.25) is 0 Å². The van der Waals surface area contributed by atoms with Crippen LogP contribution in [0.25, 0.3) is 0 Å². The maximum absolute atomic E-state index is 12.0. The lowest BCUT2D eigenvalue weighted by Gasteiger charge is -2.14. The van der Waals surface area contributed by atoms with E-state index in [0.717, 1.165) is 0 Å². The normalized spacial score (nSPS) is 11.6. The Morgan fingerprint density at radius 1 is 1.42 bits per heavy atom. The van der Waals surface area contributed by atoms with Crippen molar-refractivity contribution in [1.82, 2.24) is 5.32 Å². The molecule has 0 aromatic heterocycles. The lowest BCUT2D eigenvalue weighted by molar-refractivity contribution is -0.128. The summed E-state index contributed by atoms with van der Waals surface area (Å²) in [6.45, 7) is 3.76. The SMILES string of the molecule is CCNC(=O)[C@@H](C)OC(=O)c1cc(Cl)ccc1OC. The Hall–Kier alpha value is -1.75. The summed E-state index contributed by atoms with van der Waals surface area (Å²) in [5.41, 5.74) is 0.186. The van der Waals surface area contributed by atoms with E-state index < -0.39 is 12.1 Å². The van der Waals surface area contributed by atoms with Crippen LogP contribution in [0.3, 0.4) is 0 Å². The third kappa shape index (κ3) is 4.13. The largest absolute Gasteiger partial charge is 0.496 e. The minimum absolute atomic E-state index is 0.186. The summed E-state index contributed by atoms with van der Waals surface area (Å²) >= 11 is 5.82. The number of benzene rings is 1. The van der Waals surface area contributed by atoms with Crippen molar-refractivity contribution in [2.75, 3.05) is 13.7 Å². The third-order valence-corrected chi connectivity index (χ3v) is 2.62. The van der Waals surface area contributed by atoms with E-state index in [-0.39, 0.29) is 11.5 Å². The number of rotatable bonds is 5. The number of hydrogen-bond donors (Lipinski definition) is 1. The fourth-order valence-electron chi connectivity index (χ4n) is 1.44. The van der Waals surface area contributed by atoms with Crippen LogP contribution in [0.2, 0.25) is 5.02 Å². The smallest absolute Gasteiger partial charge is 0.342 e. The summed E-state index contributed by atoms with van der Waals surface area (Å²) in [4.78, 5) is 23.4. The zero-order chi connectivity index (χ0) is 14.4. The highest BCUT2D eigenvalue weighted by molar-refractivity contribution is 6.31. The Kier molecular flexibility index (Phi) is 5.63. The number of halogens is 1. The van der Waals surface area contributed by atoms with Crippen molar-refractivity contribution in [2.24, 2.45) is 0 Å². The first-order chi connectivity index (χ1) is 8.99. The summed E-state index contributed by atoms with van der Waals surface area (Å²) in [6, 6.07) is 4.60. The van der Waals surface area contributed by atoms with Crippen molar-refractivity contribution in [3.05, 3.63) is 28.8 Å². The molecule has 1 rings (SSSR count). The molecule has 104 valence electrons. The molecule has 6 heteroatoms. The number of nitrogens with one attached hydrogen (secondary N) is 1. The highest BCUT2D eigenvalue weighted by Crippen LogP contribution is 2.23. The minimum atomic E-state index is -0.879. The number of carbonyl (C=O) groups is 2.